The summed E-state index contributed by atoms with van der Waals surface area (Å²) in [7, 11) is 3.50. The summed E-state index contributed by atoms with van der Waals surface area (Å²) >= 11 is 1.11. The Morgan fingerprint density at radius 2 is 1.73 bits per heavy atom. The normalized spacial score (nSPS) is 17.4. The summed E-state index contributed by atoms with van der Waals surface area (Å²) in [5, 5.41) is 2.63. The molecule has 0 aliphatic carbocycles. The van der Waals surface area contributed by atoms with Crippen LogP contribution in [0.5, 0.6) is 0 Å². The minimum atomic E-state index is -0.154. The Labute approximate surface area is 153 Å². The minimum absolute atomic E-state index is 0.0665. The highest BCUT2D eigenvalue weighted by Gasteiger charge is 2.23. The fourth-order valence-electron chi connectivity index (χ4n) is 2.91. The Kier molecular flexibility index (Phi) is 4.00. The minimum Gasteiger partial charge on any atom is -0.300 e. The number of benzene rings is 2. The van der Waals surface area contributed by atoms with Crippen molar-refractivity contribution in [3.05, 3.63) is 69.5 Å². The maximum Gasteiger partial charge on any atom is 0.328 e. The van der Waals surface area contributed by atoms with Crippen molar-refractivity contribution >= 4 is 45.6 Å². The molecule has 1 amide bonds. The van der Waals surface area contributed by atoms with Crippen LogP contribution < -0.4 is 11.0 Å². The first kappa shape index (κ1) is 16.4. The van der Waals surface area contributed by atoms with Gasteiger partial charge in [-0.05, 0) is 47.7 Å². The molecule has 1 fully saturated rings. The van der Waals surface area contributed by atoms with Gasteiger partial charge in [-0.1, -0.05) is 24.3 Å². The van der Waals surface area contributed by atoms with E-state index in [1.165, 1.54) is 0 Å². The van der Waals surface area contributed by atoms with E-state index in [1.807, 2.05) is 54.6 Å². The van der Waals surface area contributed by atoms with Crippen LogP contribution in [0.15, 0.2) is 63.2 Å². The van der Waals surface area contributed by atoms with Gasteiger partial charge in [-0.2, -0.15) is 0 Å². The molecule has 0 unspecified atom stereocenters. The van der Waals surface area contributed by atoms with E-state index in [0.717, 1.165) is 39.0 Å². The number of carbonyl (C=O) groups excluding carboxylic acids is 1. The number of aryl methyl sites for hydroxylation is 2. The number of nitrogens with zero attached hydrogens (tertiary/aromatic N) is 3. The fraction of sp³-hybridized carbons (Fsp3) is 0.105. The van der Waals surface area contributed by atoms with E-state index in [1.54, 1.807) is 23.2 Å². The van der Waals surface area contributed by atoms with Crippen LogP contribution in [0.25, 0.3) is 17.1 Å². The average molecular weight is 364 g/mol. The number of aromatic nitrogens is 2. The van der Waals surface area contributed by atoms with Gasteiger partial charge in [-0.15, -0.1) is 0 Å². The topological polar surface area (TPSA) is 68.4 Å². The van der Waals surface area contributed by atoms with E-state index < -0.39 is 0 Å². The van der Waals surface area contributed by atoms with Gasteiger partial charge >= 0.3 is 5.69 Å². The summed E-state index contributed by atoms with van der Waals surface area (Å²) in [6.07, 6.45) is 1.90. The van der Waals surface area contributed by atoms with E-state index >= 15 is 0 Å². The predicted molar refractivity (Wildman–Crippen MR) is 106 cm³/mol. The lowest BCUT2D eigenvalue weighted by Gasteiger charge is -2.01. The lowest BCUT2D eigenvalue weighted by Crippen LogP contribution is -2.19. The number of rotatable bonds is 2. The molecule has 7 heteroatoms. The van der Waals surface area contributed by atoms with E-state index in [-0.39, 0.29) is 10.9 Å². The molecule has 1 N–H and O–H groups in total. The standard InChI is InChI=1S/C19H16N4O2S/c1-22-14-9-8-12(10-15(14)23(2)19(22)25)11-16-17(21-18(24)26-16)20-13-6-4-3-5-7-13/h3-11H,1-2H3,(H,20,21,24)/b16-11-. The number of thioether (sulfide) groups is 1. The van der Waals surface area contributed by atoms with Crippen molar-refractivity contribution < 1.29 is 4.79 Å². The van der Waals surface area contributed by atoms with Crippen molar-refractivity contribution in [1.29, 1.82) is 0 Å². The Morgan fingerprint density at radius 3 is 2.50 bits per heavy atom. The molecule has 2 heterocycles. The molecule has 2 aromatic carbocycles. The average Bonchev–Trinajstić information content (AvgIpc) is 3.08. The van der Waals surface area contributed by atoms with Crippen LogP contribution in [0.3, 0.4) is 0 Å². The van der Waals surface area contributed by atoms with Crippen molar-refractivity contribution in [2.24, 2.45) is 19.1 Å². The molecular formula is C19H16N4O2S. The van der Waals surface area contributed by atoms with Crippen LogP contribution in [-0.2, 0) is 14.1 Å². The highest BCUT2D eigenvalue weighted by atomic mass is 32.2. The molecule has 0 atom stereocenters. The number of hydrogen-bond acceptors (Lipinski definition) is 4. The van der Waals surface area contributed by atoms with Gasteiger partial charge in [0.1, 0.15) is 5.84 Å². The van der Waals surface area contributed by atoms with Crippen LogP contribution >= 0.6 is 11.8 Å². The molecule has 0 spiro atoms. The number of imidazole rings is 1. The third-order valence-corrected chi connectivity index (χ3v) is 5.07. The van der Waals surface area contributed by atoms with Crippen LogP contribution in [-0.4, -0.2) is 20.2 Å². The van der Waals surface area contributed by atoms with Gasteiger partial charge < -0.3 is 5.32 Å². The fourth-order valence-corrected chi connectivity index (χ4v) is 3.65. The Morgan fingerprint density at radius 1 is 1.00 bits per heavy atom. The molecule has 3 aromatic rings. The zero-order valence-electron chi connectivity index (χ0n) is 14.3. The maximum atomic E-state index is 12.1. The van der Waals surface area contributed by atoms with Gasteiger partial charge in [0.15, 0.2) is 0 Å². The maximum absolute atomic E-state index is 12.1. The largest absolute Gasteiger partial charge is 0.328 e. The third-order valence-electron chi connectivity index (χ3n) is 4.25. The van der Waals surface area contributed by atoms with Gasteiger partial charge in [-0.25, -0.2) is 9.79 Å². The SMILES string of the molecule is Cn1c(=O)n(C)c2cc(/C=C3\SC(=O)NC3=Nc3ccccc3)ccc21. The van der Waals surface area contributed by atoms with E-state index in [0.29, 0.717) is 5.84 Å². The third kappa shape index (κ3) is 2.86. The predicted octanol–water partition coefficient (Wildman–Crippen LogP) is 3.40. The van der Waals surface area contributed by atoms with Crippen LogP contribution in [0.2, 0.25) is 0 Å². The number of aliphatic imine (C=N–C) groups is 1. The highest BCUT2D eigenvalue weighted by molar-refractivity contribution is 8.18. The van der Waals surface area contributed by atoms with Gasteiger partial charge in [0, 0.05) is 14.1 Å². The molecule has 4 rings (SSSR count). The zero-order valence-corrected chi connectivity index (χ0v) is 15.1. The summed E-state index contributed by atoms with van der Waals surface area (Å²) in [6.45, 7) is 0. The zero-order chi connectivity index (χ0) is 18.3. The van der Waals surface area contributed by atoms with E-state index in [2.05, 4.69) is 10.3 Å². The molecule has 1 saturated heterocycles. The van der Waals surface area contributed by atoms with Crippen molar-refractivity contribution in [1.82, 2.24) is 14.5 Å². The second-order valence-corrected chi connectivity index (χ2v) is 6.98. The quantitative estimate of drug-likeness (QED) is 0.758. The molecule has 0 saturated carbocycles. The molecule has 1 aromatic heterocycles. The number of amides is 1. The number of nitrogens with one attached hydrogen (secondary N) is 1. The smallest absolute Gasteiger partial charge is 0.300 e. The Balaban J connectivity index is 1.78. The summed E-state index contributed by atoms with van der Waals surface area (Å²) in [4.78, 5) is 29.2. The first-order chi connectivity index (χ1) is 12.5. The molecule has 26 heavy (non-hydrogen) atoms. The first-order valence-electron chi connectivity index (χ1n) is 8.03. The summed E-state index contributed by atoms with van der Waals surface area (Å²) in [6, 6.07) is 15.3. The van der Waals surface area contributed by atoms with Crippen molar-refractivity contribution in [3.63, 3.8) is 0 Å². The van der Waals surface area contributed by atoms with Gasteiger partial charge in [0.05, 0.1) is 21.6 Å². The summed E-state index contributed by atoms with van der Waals surface area (Å²) in [5.74, 6) is 0.535. The Hall–Kier alpha value is -3.06. The number of para-hydroxylation sites is 1. The monoisotopic (exact) mass is 364 g/mol. The summed E-state index contributed by atoms with van der Waals surface area (Å²) < 4.78 is 3.23. The van der Waals surface area contributed by atoms with E-state index in [9.17, 15) is 9.59 Å². The molecule has 6 nitrogen and oxygen atoms in total. The van der Waals surface area contributed by atoms with Gasteiger partial charge in [0.2, 0.25) is 0 Å². The Bertz CT molecular complexity index is 1140. The number of amidine groups is 1. The summed E-state index contributed by atoms with van der Waals surface area (Å²) in [5.41, 5.74) is 3.32. The van der Waals surface area contributed by atoms with Crippen LogP contribution in [0, 0.1) is 0 Å². The van der Waals surface area contributed by atoms with Crippen LogP contribution in [0.1, 0.15) is 5.56 Å². The molecule has 1 aliphatic heterocycles. The lowest BCUT2D eigenvalue weighted by atomic mass is 10.2. The molecule has 0 radical (unpaired) electrons. The van der Waals surface area contributed by atoms with Crippen molar-refractivity contribution in [3.8, 4) is 0 Å². The first-order valence-corrected chi connectivity index (χ1v) is 8.85. The number of fused-ring (bicyclic) bond motifs is 1. The second kappa shape index (κ2) is 6.34. The number of hydrogen-bond donors (Lipinski definition) is 1. The second-order valence-electron chi connectivity index (χ2n) is 5.97. The van der Waals surface area contributed by atoms with E-state index in [4.69, 9.17) is 0 Å². The van der Waals surface area contributed by atoms with Crippen molar-refractivity contribution in [2.45, 2.75) is 0 Å². The molecule has 1 aliphatic rings. The van der Waals surface area contributed by atoms with Gasteiger partial charge in [0.25, 0.3) is 5.24 Å². The van der Waals surface area contributed by atoms with Gasteiger partial charge in [-0.3, -0.25) is 13.9 Å². The molecule has 130 valence electrons. The highest BCUT2D eigenvalue weighted by Crippen LogP contribution is 2.29. The molecular weight excluding hydrogens is 348 g/mol. The van der Waals surface area contributed by atoms with Crippen molar-refractivity contribution in [2.75, 3.05) is 0 Å². The number of carbonyl (C=O) groups is 1. The molecule has 0 bridgehead atoms. The van der Waals surface area contributed by atoms with Crippen LogP contribution in [0.4, 0.5) is 10.5 Å². The lowest BCUT2D eigenvalue weighted by molar-refractivity contribution is 0.265.